The van der Waals surface area contributed by atoms with E-state index in [1.165, 1.54) is 8.61 Å². The SMILES string of the molecule is CC[C@H]1CN(S(=O)(=O)N2CCOCC2)CCO1. The highest BCUT2D eigenvalue weighted by Gasteiger charge is 2.34. The van der Waals surface area contributed by atoms with Gasteiger partial charge in [-0.15, -0.1) is 0 Å². The summed E-state index contributed by atoms with van der Waals surface area (Å²) in [5.41, 5.74) is 0. The van der Waals surface area contributed by atoms with E-state index < -0.39 is 10.2 Å². The van der Waals surface area contributed by atoms with Gasteiger partial charge >= 0.3 is 0 Å². The first-order valence-electron chi connectivity index (χ1n) is 6.09. The number of ether oxygens (including phenoxy) is 2. The van der Waals surface area contributed by atoms with Gasteiger partial charge in [-0.2, -0.15) is 17.0 Å². The predicted octanol–water partition coefficient (Wildman–Crippen LogP) is -0.326. The van der Waals surface area contributed by atoms with Crippen LogP contribution in [0.1, 0.15) is 13.3 Å². The van der Waals surface area contributed by atoms with Crippen molar-refractivity contribution in [1.29, 1.82) is 0 Å². The highest BCUT2D eigenvalue weighted by Crippen LogP contribution is 2.16. The van der Waals surface area contributed by atoms with E-state index in [2.05, 4.69) is 0 Å². The van der Waals surface area contributed by atoms with Crippen molar-refractivity contribution in [2.45, 2.75) is 19.4 Å². The number of hydrogen-bond acceptors (Lipinski definition) is 4. The highest BCUT2D eigenvalue weighted by molar-refractivity contribution is 7.86. The Morgan fingerprint density at radius 3 is 2.41 bits per heavy atom. The highest BCUT2D eigenvalue weighted by atomic mass is 32.2. The molecule has 2 aliphatic rings. The molecule has 2 aliphatic heterocycles. The standard InChI is InChI=1S/C10H20N2O4S/c1-2-10-9-12(5-8-16-10)17(13,14)11-3-6-15-7-4-11/h10H,2-9H2,1H3/t10-/m0/s1. The van der Waals surface area contributed by atoms with E-state index in [0.29, 0.717) is 46.0 Å². The Kier molecular flexibility index (Phi) is 4.37. The molecule has 0 aromatic carbocycles. The molecule has 0 bridgehead atoms. The number of rotatable bonds is 3. The molecule has 6 nitrogen and oxygen atoms in total. The number of nitrogens with zero attached hydrogens (tertiary/aromatic N) is 2. The average Bonchev–Trinajstić information content (AvgIpc) is 2.40. The van der Waals surface area contributed by atoms with Gasteiger partial charge in [-0.3, -0.25) is 0 Å². The van der Waals surface area contributed by atoms with Crippen LogP contribution < -0.4 is 0 Å². The van der Waals surface area contributed by atoms with E-state index in [1.807, 2.05) is 6.92 Å². The monoisotopic (exact) mass is 264 g/mol. The van der Waals surface area contributed by atoms with Crippen LogP contribution in [-0.4, -0.2) is 69.1 Å². The Bertz CT molecular complexity index is 340. The second-order valence-corrected chi connectivity index (χ2v) is 6.21. The van der Waals surface area contributed by atoms with Crippen molar-refractivity contribution in [2.24, 2.45) is 0 Å². The number of hydrogen-bond donors (Lipinski definition) is 0. The Labute approximate surface area is 103 Å². The van der Waals surface area contributed by atoms with Gasteiger partial charge in [-0.05, 0) is 6.42 Å². The summed E-state index contributed by atoms with van der Waals surface area (Å²) in [6.45, 7) is 5.30. The minimum absolute atomic E-state index is 0.0274. The second kappa shape index (κ2) is 5.62. The van der Waals surface area contributed by atoms with Gasteiger partial charge in [0, 0.05) is 26.2 Å². The summed E-state index contributed by atoms with van der Waals surface area (Å²) in [4.78, 5) is 0. The molecule has 0 spiro atoms. The lowest BCUT2D eigenvalue weighted by molar-refractivity contribution is -0.00631. The van der Waals surface area contributed by atoms with Gasteiger partial charge in [-0.1, -0.05) is 6.92 Å². The molecular weight excluding hydrogens is 244 g/mol. The van der Waals surface area contributed by atoms with Crippen LogP contribution in [0.25, 0.3) is 0 Å². The van der Waals surface area contributed by atoms with Crippen molar-refractivity contribution >= 4 is 10.2 Å². The first kappa shape index (κ1) is 13.2. The summed E-state index contributed by atoms with van der Waals surface area (Å²) in [5.74, 6) is 0. The van der Waals surface area contributed by atoms with E-state index in [9.17, 15) is 8.42 Å². The van der Waals surface area contributed by atoms with Gasteiger partial charge in [0.15, 0.2) is 0 Å². The molecule has 2 fully saturated rings. The maximum Gasteiger partial charge on any atom is 0.282 e. The molecular formula is C10H20N2O4S. The van der Waals surface area contributed by atoms with Crippen LogP contribution in [0, 0.1) is 0 Å². The summed E-state index contributed by atoms with van der Waals surface area (Å²) < 4.78 is 38.4. The first-order chi connectivity index (χ1) is 8.14. The van der Waals surface area contributed by atoms with Gasteiger partial charge in [0.1, 0.15) is 0 Å². The van der Waals surface area contributed by atoms with E-state index in [0.717, 1.165) is 6.42 Å². The van der Waals surface area contributed by atoms with Crippen LogP contribution in [0.3, 0.4) is 0 Å². The summed E-state index contributed by atoms with van der Waals surface area (Å²) in [6.07, 6.45) is 0.870. The van der Waals surface area contributed by atoms with Crippen molar-refractivity contribution in [3.8, 4) is 0 Å². The van der Waals surface area contributed by atoms with Crippen molar-refractivity contribution in [3.05, 3.63) is 0 Å². The van der Waals surface area contributed by atoms with E-state index >= 15 is 0 Å². The molecule has 100 valence electrons. The molecule has 2 heterocycles. The van der Waals surface area contributed by atoms with Crippen molar-refractivity contribution < 1.29 is 17.9 Å². The molecule has 17 heavy (non-hydrogen) atoms. The Hall–Kier alpha value is -0.210. The van der Waals surface area contributed by atoms with Crippen molar-refractivity contribution in [1.82, 2.24) is 8.61 Å². The third-order valence-electron chi connectivity index (χ3n) is 3.18. The van der Waals surface area contributed by atoms with Crippen molar-refractivity contribution in [2.75, 3.05) is 46.0 Å². The third-order valence-corrected chi connectivity index (χ3v) is 5.18. The summed E-state index contributed by atoms with van der Waals surface area (Å²) >= 11 is 0. The molecule has 0 aliphatic carbocycles. The molecule has 2 saturated heterocycles. The van der Waals surface area contributed by atoms with Crippen LogP contribution in [-0.2, 0) is 19.7 Å². The van der Waals surface area contributed by atoms with Gasteiger partial charge < -0.3 is 9.47 Å². The van der Waals surface area contributed by atoms with Crippen LogP contribution in [0.2, 0.25) is 0 Å². The molecule has 0 saturated carbocycles. The predicted molar refractivity (Wildman–Crippen MR) is 62.9 cm³/mol. The largest absolute Gasteiger partial charge is 0.379 e. The Morgan fingerprint density at radius 1 is 1.12 bits per heavy atom. The molecule has 0 N–H and O–H groups in total. The topological polar surface area (TPSA) is 59.1 Å². The zero-order valence-electron chi connectivity index (χ0n) is 10.2. The molecule has 0 aromatic rings. The number of morpholine rings is 2. The van der Waals surface area contributed by atoms with E-state index in [1.54, 1.807) is 0 Å². The van der Waals surface area contributed by atoms with Crippen LogP contribution >= 0.6 is 0 Å². The summed E-state index contributed by atoms with van der Waals surface area (Å²) in [6, 6.07) is 0. The Balaban J connectivity index is 2.03. The lowest BCUT2D eigenvalue weighted by Crippen LogP contribution is -2.53. The molecule has 1 atom stereocenters. The Morgan fingerprint density at radius 2 is 1.76 bits per heavy atom. The smallest absolute Gasteiger partial charge is 0.282 e. The summed E-state index contributed by atoms with van der Waals surface area (Å²) in [7, 11) is -3.32. The molecule has 0 aromatic heterocycles. The lowest BCUT2D eigenvalue weighted by atomic mass is 10.2. The van der Waals surface area contributed by atoms with Crippen LogP contribution in [0.4, 0.5) is 0 Å². The van der Waals surface area contributed by atoms with Crippen LogP contribution in [0.15, 0.2) is 0 Å². The lowest BCUT2D eigenvalue weighted by Gasteiger charge is -2.36. The minimum Gasteiger partial charge on any atom is -0.379 e. The molecule has 0 radical (unpaired) electrons. The average molecular weight is 264 g/mol. The normalized spacial score (nSPS) is 29.4. The van der Waals surface area contributed by atoms with Gasteiger partial charge in [0.25, 0.3) is 10.2 Å². The fourth-order valence-corrected chi connectivity index (χ4v) is 3.69. The van der Waals surface area contributed by atoms with Gasteiger partial charge in [0.2, 0.25) is 0 Å². The zero-order chi connectivity index (χ0) is 12.3. The maximum absolute atomic E-state index is 12.3. The molecule has 7 heteroatoms. The third kappa shape index (κ3) is 2.97. The second-order valence-electron chi connectivity index (χ2n) is 4.28. The zero-order valence-corrected chi connectivity index (χ0v) is 11.0. The fourth-order valence-electron chi connectivity index (χ4n) is 2.09. The molecule has 0 unspecified atom stereocenters. The first-order valence-corrected chi connectivity index (χ1v) is 7.49. The van der Waals surface area contributed by atoms with Gasteiger partial charge in [0.05, 0.1) is 25.9 Å². The summed E-state index contributed by atoms with van der Waals surface area (Å²) in [5, 5.41) is 0. The van der Waals surface area contributed by atoms with Crippen LogP contribution in [0.5, 0.6) is 0 Å². The molecule has 0 amide bonds. The maximum atomic E-state index is 12.3. The minimum atomic E-state index is -3.32. The van der Waals surface area contributed by atoms with E-state index in [-0.39, 0.29) is 6.10 Å². The quantitative estimate of drug-likeness (QED) is 0.700. The fraction of sp³-hybridized carbons (Fsp3) is 1.00. The molecule has 2 rings (SSSR count). The van der Waals surface area contributed by atoms with Crippen molar-refractivity contribution in [3.63, 3.8) is 0 Å². The van der Waals surface area contributed by atoms with E-state index in [4.69, 9.17) is 9.47 Å². The van der Waals surface area contributed by atoms with Gasteiger partial charge in [-0.25, -0.2) is 0 Å².